The Hall–Kier alpha value is -3.74. The molecule has 0 atom stereocenters. The fourth-order valence-electron chi connectivity index (χ4n) is 3.31. The van der Waals surface area contributed by atoms with Crippen molar-refractivity contribution in [3.8, 4) is 11.3 Å². The molecule has 3 aromatic rings. The fraction of sp³-hybridized carbons (Fsp3) is 0.250. The molecule has 0 unspecified atom stereocenters. The van der Waals surface area contributed by atoms with Crippen LogP contribution in [0.2, 0.25) is 0 Å². The smallest absolute Gasteiger partial charge is 0.291 e. The van der Waals surface area contributed by atoms with Crippen molar-refractivity contribution >= 4 is 23.2 Å². The number of amides is 2. The maximum Gasteiger partial charge on any atom is 0.291 e. The Morgan fingerprint density at radius 3 is 2.39 bits per heavy atom. The second-order valence-electron chi connectivity index (χ2n) is 7.46. The monoisotopic (exact) mass is 418 g/mol. The van der Waals surface area contributed by atoms with Crippen LogP contribution >= 0.6 is 0 Å². The molecule has 0 fully saturated rings. The van der Waals surface area contributed by atoms with Crippen LogP contribution in [0.1, 0.15) is 30.5 Å². The van der Waals surface area contributed by atoms with Gasteiger partial charge in [-0.25, -0.2) is 4.68 Å². The number of para-hydroxylation sites is 1. The number of hydrogen-bond donors (Lipinski definition) is 2. The number of anilines is 2. The first-order valence-corrected chi connectivity index (χ1v) is 10.1. The van der Waals surface area contributed by atoms with Crippen molar-refractivity contribution in [1.29, 1.82) is 0 Å². The standard InChI is InChI=1S/C24H26N4O3/c1-5-18-8-6-7-16(3)23(18)26-22(30)14-28-24(31)21(25-17(4)29)13-20(27-28)19-11-9-15(2)10-12-19/h6-13H,5,14H2,1-4H3,(H,25,29)(H,26,30). The molecule has 0 aliphatic rings. The molecule has 7 heteroatoms. The Morgan fingerprint density at radius 2 is 1.74 bits per heavy atom. The summed E-state index contributed by atoms with van der Waals surface area (Å²) in [5.41, 5.74) is 4.60. The Bertz CT molecular complexity index is 1180. The first-order chi connectivity index (χ1) is 14.8. The predicted molar refractivity (Wildman–Crippen MR) is 122 cm³/mol. The lowest BCUT2D eigenvalue weighted by molar-refractivity contribution is -0.117. The maximum atomic E-state index is 12.8. The fourth-order valence-corrected chi connectivity index (χ4v) is 3.31. The number of aryl methyl sites for hydroxylation is 3. The molecule has 2 amide bonds. The predicted octanol–water partition coefficient (Wildman–Crippen LogP) is 3.69. The quantitative estimate of drug-likeness (QED) is 0.639. The normalized spacial score (nSPS) is 10.6. The number of benzene rings is 2. The molecule has 0 spiro atoms. The molecule has 0 saturated heterocycles. The topological polar surface area (TPSA) is 93.1 Å². The third-order valence-corrected chi connectivity index (χ3v) is 4.93. The molecule has 3 rings (SSSR count). The van der Waals surface area contributed by atoms with Gasteiger partial charge in [0.05, 0.1) is 5.69 Å². The third kappa shape index (κ3) is 5.25. The van der Waals surface area contributed by atoms with E-state index in [0.29, 0.717) is 5.69 Å². The van der Waals surface area contributed by atoms with Crippen LogP contribution in [-0.2, 0) is 22.6 Å². The summed E-state index contributed by atoms with van der Waals surface area (Å²) in [6.07, 6.45) is 0.769. The van der Waals surface area contributed by atoms with Crippen molar-refractivity contribution in [3.05, 3.63) is 75.6 Å². The summed E-state index contributed by atoms with van der Waals surface area (Å²) in [6.45, 7) is 6.96. The number of carbonyl (C=O) groups is 2. The first-order valence-electron chi connectivity index (χ1n) is 10.1. The van der Waals surface area contributed by atoms with E-state index in [-0.39, 0.29) is 24.0 Å². The summed E-state index contributed by atoms with van der Waals surface area (Å²) in [5, 5.41) is 9.83. The van der Waals surface area contributed by atoms with Crippen LogP contribution in [0.3, 0.4) is 0 Å². The van der Waals surface area contributed by atoms with E-state index in [1.54, 1.807) is 0 Å². The molecule has 2 aromatic carbocycles. The van der Waals surface area contributed by atoms with Crippen LogP contribution in [0.4, 0.5) is 11.4 Å². The van der Waals surface area contributed by atoms with Gasteiger partial charge in [0, 0.05) is 18.2 Å². The molecule has 0 aliphatic carbocycles. The highest BCUT2D eigenvalue weighted by Gasteiger charge is 2.15. The lowest BCUT2D eigenvalue weighted by atomic mass is 10.1. The summed E-state index contributed by atoms with van der Waals surface area (Å²) in [4.78, 5) is 37.2. The van der Waals surface area contributed by atoms with Crippen molar-refractivity contribution in [1.82, 2.24) is 9.78 Å². The van der Waals surface area contributed by atoms with Crippen molar-refractivity contribution in [3.63, 3.8) is 0 Å². The molecule has 0 bridgehead atoms. The molecule has 2 N–H and O–H groups in total. The van der Waals surface area contributed by atoms with E-state index < -0.39 is 5.56 Å². The highest BCUT2D eigenvalue weighted by Crippen LogP contribution is 2.22. The number of hydrogen-bond acceptors (Lipinski definition) is 4. The Kier molecular flexibility index (Phi) is 6.65. The maximum absolute atomic E-state index is 12.8. The van der Waals surface area contributed by atoms with E-state index in [2.05, 4.69) is 15.7 Å². The number of rotatable bonds is 6. The second kappa shape index (κ2) is 9.38. The third-order valence-electron chi connectivity index (χ3n) is 4.93. The molecule has 0 saturated carbocycles. The Morgan fingerprint density at radius 1 is 1.03 bits per heavy atom. The number of nitrogens with zero attached hydrogens (tertiary/aromatic N) is 2. The van der Waals surface area contributed by atoms with Crippen LogP contribution < -0.4 is 16.2 Å². The zero-order chi connectivity index (χ0) is 22.5. The molecule has 1 heterocycles. The van der Waals surface area contributed by atoms with Gasteiger partial charge in [-0.1, -0.05) is 55.0 Å². The minimum Gasteiger partial charge on any atom is -0.324 e. The molecular weight excluding hydrogens is 392 g/mol. The lowest BCUT2D eigenvalue weighted by Crippen LogP contribution is -2.32. The van der Waals surface area contributed by atoms with Gasteiger partial charge in [-0.15, -0.1) is 0 Å². The Labute approximate surface area is 181 Å². The lowest BCUT2D eigenvalue weighted by Gasteiger charge is -2.14. The summed E-state index contributed by atoms with van der Waals surface area (Å²) < 4.78 is 1.08. The molecule has 7 nitrogen and oxygen atoms in total. The largest absolute Gasteiger partial charge is 0.324 e. The number of aromatic nitrogens is 2. The highest BCUT2D eigenvalue weighted by atomic mass is 16.2. The zero-order valence-electron chi connectivity index (χ0n) is 18.2. The minimum absolute atomic E-state index is 0.0796. The van der Waals surface area contributed by atoms with Crippen molar-refractivity contribution in [2.75, 3.05) is 10.6 Å². The van der Waals surface area contributed by atoms with Gasteiger partial charge in [-0.2, -0.15) is 5.10 Å². The number of carbonyl (C=O) groups excluding carboxylic acids is 2. The van der Waals surface area contributed by atoms with E-state index in [1.165, 1.54) is 13.0 Å². The highest BCUT2D eigenvalue weighted by molar-refractivity contribution is 5.92. The first kappa shape index (κ1) is 22.0. The summed E-state index contributed by atoms with van der Waals surface area (Å²) in [7, 11) is 0. The molecule has 0 radical (unpaired) electrons. The molecular formula is C24H26N4O3. The van der Waals surface area contributed by atoms with Gasteiger partial charge in [0.1, 0.15) is 12.2 Å². The van der Waals surface area contributed by atoms with Crippen LogP contribution in [0, 0.1) is 13.8 Å². The van der Waals surface area contributed by atoms with Crippen LogP contribution in [0.5, 0.6) is 0 Å². The van der Waals surface area contributed by atoms with E-state index >= 15 is 0 Å². The van der Waals surface area contributed by atoms with Crippen LogP contribution in [-0.4, -0.2) is 21.6 Å². The van der Waals surface area contributed by atoms with Crippen molar-refractivity contribution in [2.24, 2.45) is 0 Å². The van der Waals surface area contributed by atoms with Gasteiger partial charge in [-0.05, 0) is 37.5 Å². The summed E-state index contributed by atoms with van der Waals surface area (Å²) >= 11 is 0. The summed E-state index contributed by atoms with van der Waals surface area (Å²) in [5.74, 6) is -0.741. The summed E-state index contributed by atoms with van der Waals surface area (Å²) in [6, 6.07) is 15.0. The van der Waals surface area contributed by atoms with Crippen LogP contribution in [0.25, 0.3) is 11.3 Å². The number of nitrogens with one attached hydrogen (secondary N) is 2. The van der Waals surface area contributed by atoms with E-state index in [4.69, 9.17) is 0 Å². The van der Waals surface area contributed by atoms with E-state index in [1.807, 2.05) is 63.2 Å². The molecule has 31 heavy (non-hydrogen) atoms. The average Bonchev–Trinajstić information content (AvgIpc) is 2.72. The van der Waals surface area contributed by atoms with Gasteiger partial charge in [0.25, 0.3) is 5.56 Å². The van der Waals surface area contributed by atoms with Crippen LogP contribution in [0.15, 0.2) is 53.3 Å². The SMILES string of the molecule is CCc1cccc(C)c1NC(=O)Cn1nc(-c2ccc(C)cc2)cc(NC(C)=O)c1=O. The van der Waals surface area contributed by atoms with Gasteiger partial charge in [0.15, 0.2) is 0 Å². The van der Waals surface area contributed by atoms with E-state index in [0.717, 1.165) is 39.0 Å². The van der Waals surface area contributed by atoms with Gasteiger partial charge in [0.2, 0.25) is 11.8 Å². The van der Waals surface area contributed by atoms with Crippen molar-refractivity contribution < 1.29 is 9.59 Å². The second-order valence-corrected chi connectivity index (χ2v) is 7.46. The van der Waals surface area contributed by atoms with Gasteiger partial charge in [-0.3, -0.25) is 14.4 Å². The Balaban J connectivity index is 1.97. The van der Waals surface area contributed by atoms with Gasteiger partial charge >= 0.3 is 0 Å². The molecule has 0 aliphatic heterocycles. The minimum atomic E-state index is -0.540. The zero-order valence-corrected chi connectivity index (χ0v) is 18.2. The average molecular weight is 418 g/mol. The van der Waals surface area contributed by atoms with E-state index in [9.17, 15) is 14.4 Å². The molecule has 1 aromatic heterocycles. The van der Waals surface area contributed by atoms with Crippen molar-refractivity contribution in [2.45, 2.75) is 40.7 Å². The van der Waals surface area contributed by atoms with Gasteiger partial charge < -0.3 is 10.6 Å². The molecule has 160 valence electrons.